The maximum Gasteiger partial charge on any atom is 1.00 e. The number of halogens is 13. The van der Waals surface area contributed by atoms with Gasteiger partial charge >= 0.3 is 65.3 Å². The van der Waals surface area contributed by atoms with Crippen molar-refractivity contribution in [2.24, 2.45) is 0 Å². The Bertz CT molecular complexity index is 1980. The smallest absolute Gasteiger partial charge is 0.544 e. The predicted octanol–water partition coefficient (Wildman–Crippen LogP) is -13.6. The first-order valence-electron chi connectivity index (χ1n) is 25.5. The molecule has 0 aliphatic carbocycles. The molecule has 0 aromatic carbocycles. The number of aliphatic hydroxyl groups excluding tert-OH is 18. The van der Waals surface area contributed by atoms with Gasteiger partial charge in [0.15, 0.2) is 37.7 Å². The molecule has 0 aromatic heterocycles. The number of carboxylic acids is 1. The molecule has 22 heterocycles. The van der Waals surface area contributed by atoms with Crippen LogP contribution in [0.4, 0.5) is 57.1 Å². The van der Waals surface area contributed by atoms with Crippen LogP contribution in [0.2, 0.25) is 0 Å². The molecule has 22 saturated heterocycles. The fraction of sp³-hybridized carbons (Fsp3) is 0.977. The van der Waals surface area contributed by atoms with Gasteiger partial charge < -0.3 is 159 Å². The topological polar surface area (TPSA) is 515 Å². The molecule has 18 N–H and O–H groups in total. The van der Waals surface area contributed by atoms with Crippen molar-refractivity contribution in [1.82, 2.24) is 0 Å². The molecule has 22 aliphatic rings. The zero-order valence-corrected chi connectivity index (χ0v) is 46.7. The summed E-state index contributed by atoms with van der Waals surface area (Å²) >= 11 is 0. The minimum atomic E-state index is -8.11. The van der Waals surface area contributed by atoms with Crippen molar-refractivity contribution in [2.45, 2.75) is 220 Å². The van der Waals surface area contributed by atoms with Gasteiger partial charge in [-0.25, -0.2) is 0 Å². The largest absolute Gasteiger partial charge is 1.00 e. The van der Waals surface area contributed by atoms with Gasteiger partial charge in [0.25, 0.3) is 0 Å². The van der Waals surface area contributed by atoms with Crippen molar-refractivity contribution in [3.8, 4) is 0 Å². The van der Waals surface area contributed by atoms with Crippen LogP contribution in [0.3, 0.4) is 0 Å². The van der Waals surface area contributed by atoms with E-state index in [1.54, 1.807) is 0 Å². The van der Waals surface area contributed by atoms with Gasteiger partial charge in [-0.1, -0.05) is 0 Å². The third-order valence-electron chi connectivity index (χ3n) is 14.9. The predicted molar refractivity (Wildman–Crippen MR) is 232 cm³/mol. The van der Waals surface area contributed by atoms with Gasteiger partial charge in [0.2, 0.25) is 0 Å². The monoisotopic (exact) mass is 1360 g/mol. The van der Waals surface area contributed by atoms with E-state index in [1.807, 2.05) is 0 Å². The fourth-order valence-corrected chi connectivity index (χ4v) is 9.83. The number of carboxylic acid groups (broad SMARTS) is 1. The number of hydrogen-bond donors (Lipinski definition) is 18. The average molecular weight is 1360 g/mol. The van der Waals surface area contributed by atoms with Gasteiger partial charge in [-0.05, 0) is 0 Å². The molecule has 32 nitrogen and oxygen atoms in total. The van der Waals surface area contributed by atoms with Crippen LogP contribution in [0.15, 0.2) is 0 Å². The normalized spacial score (nSPS) is 45.0. The number of alkyl halides is 13. The number of hydrogen-bond acceptors (Lipinski definition) is 32. The molecule has 22 fully saturated rings. The molecule has 516 valence electrons. The van der Waals surface area contributed by atoms with Crippen LogP contribution in [0, 0.1) is 0 Å². The van der Waals surface area contributed by atoms with Crippen molar-refractivity contribution < 1.29 is 245 Å². The average Bonchev–Trinajstić information content (AvgIpc) is 0.720. The molecule has 0 aromatic rings. The molecule has 0 radical (unpaired) electrons. The maximum absolute atomic E-state index is 12.6. The standard InChI is InChI=1S/C36H60O30.C7HF13O2.Na/c37-1-7-25-13(43)19(49)31(55-7)62-26-8(2-38)57-33(21(51)15(26)45)64-28-10(4-40)59-35(23(53)17(28)47)66-30-12(6-42)60-36(24(54)18(30)48)65-29-11(5-41)58-34(22(52)16(29)46)63-27-9(3-39)56-32(61-25)20(50)14(27)44;8-2(9,1(21)22)3(10,11)4(12,13)5(14,15)6(16,17)7(18,19)20;/h7-54H,1-6H2;(H,21,22);/q;;+1/p-1/t7-,8-,9-,10-,11-,12-,13-,14-,15-,16-,17-,18-,19-,20-,21-,22-,23-,24-,25-,26-,27-,28-,29-,30-,31-,32-,33-,34-,35-,36-;;/m1../s1. The van der Waals surface area contributed by atoms with Crippen LogP contribution in [0.25, 0.3) is 0 Å². The van der Waals surface area contributed by atoms with E-state index in [9.17, 15) is 159 Å². The number of rotatable bonds is 11. The minimum Gasteiger partial charge on any atom is -0.544 e. The first-order valence-corrected chi connectivity index (χ1v) is 25.5. The Labute approximate surface area is 509 Å². The van der Waals surface area contributed by atoms with Crippen molar-refractivity contribution in [1.29, 1.82) is 0 Å². The molecule has 22 aliphatic heterocycles. The fourth-order valence-electron chi connectivity index (χ4n) is 9.83. The molecular weight excluding hydrogens is 1300 g/mol. The van der Waals surface area contributed by atoms with Crippen LogP contribution in [-0.2, 0) is 61.6 Å². The Morgan fingerprint density at radius 2 is 0.438 bits per heavy atom. The Balaban J connectivity index is 0.000000534. The van der Waals surface area contributed by atoms with E-state index in [0.717, 1.165) is 0 Å². The SMILES string of the molecule is O=C([O-])C(F)(F)C(F)(F)C(F)(F)C(F)(F)C(F)(F)C(F)(F)F.OC[C@H]1O[C@@H]2O[C@H]3[C@H](O)[C@@H](O)[C@@H](O[C@H]4[C@H](O)[C@@H](O)[C@@H](O[C@H]5[C@H](O)[C@@H](O)[C@@H](O[C@H]6[C@H](O)[C@@H](O)[C@@H](O[C@H]7[C@H](O)[C@@H](O)[C@@H](O[C@H]1[C@H](O)[C@H]2O)O[C@@H]7CO)O[C@@H]6CO)O[C@@H]5CO)O[C@@H]4CO)O[C@@H]3CO.[Na+]. The molecule has 89 heavy (non-hydrogen) atoms. The van der Waals surface area contributed by atoms with E-state index in [0.29, 0.717) is 0 Å². The maximum atomic E-state index is 12.6. The third kappa shape index (κ3) is 14.6. The number of aliphatic hydroxyl groups is 18. The van der Waals surface area contributed by atoms with E-state index in [4.69, 9.17) is 56.8 Å². The van der Waals surface area contributed by atoms with Gasteiger partial charge in [-0.15, -0.1) is 0 Å². The molecular formula is C43H60F13NaO32. The second-order valence-corrected chi connectivity index (χ2v) is 20.5. The second kappa shape index (κ2) is 29.8. The van der Waals surface area contributed by atoms with Gasteiger partial charge in [-0.3, -0.25) is 0 Å². The van der Waals surface area contributed by atoms with Crippen molar-refractivity contribution >= 4 is 5.97 Å². The Morgan fingerprint density at radius 3 is 0.573 bits per heavy atom. The summed E-state index contributed by atoms with van der Waals surface area (Å²) in [5.74, 6) is -43.5. The second-order valence-electron chi connectivity index (χ2n) is 20.5. The first-order chi connectivity index (χ1) is 40.6. The van der Waals surface area contributed by atoms with Crippen LogP contribution in [0.5, 0.6) is 0 Å². The Morgan fingerprint density at radius 1 is 0.281 bits per heavy atom. The van der Waals surface area contributed by atoms with Crippen molar-refractivity contribution in [3.05, 3.63) is 0 Å². The van der Waals surface area contributed by atoms with E-state index in [1.165, 1.54) is 0 Å². The number of aliphatic carboxylic acids is 1. The molecule has 0 amide bonds. The van der Waals surface area contributed by atoms with Gasteiger partial charge in [0.1, 0.15) is 152 Å². The van der Waals surface area contributed by atoms with Crippen LogP contribution < -0.4 is 34.7 Å². The molecule has 12 bridgehead atoms. The molecule has 46 heteroatoms. The van der Waals surface area contributed by atoms with Crippen molar-refractivity contribution in [2.75, 3.05) is 39.6 Å². The first kappa shape index (κ1) is 78.1. The summed E-state index contributed by atoms with van der Waals surface area (Å²) in [6.45, 7) is -5.99. The molecule has 0 unspecified atom stereocenters. The van der Waals surface area contributed by atoms with Crippen LogP contribution >= 0.6 is 0 Å². The number of ether oxygens (including phenoxy) is 12. The van der Waals surface area contributed by atoms with E-state index in [-0.39, 0.29) is 29.6 Å². The summed E-state index contributed by atoms with van der Waals surface area (Å²) in [4.78, 5) is 9.56. The van der Waals surface area contributed by atoms with Gasteiger partial charge in [-0.2, -0.15) is 57.1 Å². The number of carbonyl (C=O) groups is 1. The Kier molecular flexibility index (Phi) is 26.1. The molecule has 22 rings (SSSR count). The summed E-state index contributed by atoms with van der Waals surface area (Å²) < 4.78 is 227. The molecule has 30 atom stereocenters. The van der Waals surface area contributed by atoms with E-state index >= 15 is 0 Å². The van der Waals surface area contributed by atoms with Gasteiger partial charge in [0.05, 0.1) is 39.6 Å². The third-order valence-corrected chi connectivity index (χ3v) is 14.9. The Hall–Kier alpha value is -1.64. The van der Waals surface area contributed by atoms with E-state index < -0.39 is 266 Å². The van der Waals surface area contributed by atoms with Gasteiger partial charge in [0, 0.05) is 0 Å². The van der Waals surface area contributed by atoms with E-state index in [2.05, 4.69) is 0 Å². The summed E-state index contributed by atoms with van der Waals surface area (Å²) in [6, 6.07) is 0. The molecule has 0 spiro atoms. The quantitative estimate of drug-likeness (QED) is 0.0675. The van der Waals surface area contributed by atoms with Crippen molar-refractivity contribution in [3.63, 3.8) is 0 Å². The van der Waals surface area contributed by atoms with Crippen LogP contribution in [-0.4, -0.2) is 358 Å². The summed E-state index contributed by atoms with van der Waals surface area (Å²) in [5.41, 5.74) is 0. The van der Waals surface area contributed by atoms with Crippen LogP contribution in [0.1, 0.15) is 0 Å². The number of carbonyl (C=O) groups excluding carboxylic acids is 1. The summed E-state index contributed by atoms with van der Waals surface area (Å²) in [6.07, 6.45) is -66.0. The minimum absolute atomic E-state index is 0. The molecule has 0 saturated carbocycles. The zero-order valence-electron chi connectivity index (χ0n) is 44.7. The summed E-state index contributed by atoms with van der Waals surface area (Å²) in [7, 11) is 0. The summed E-state index contributed by atoms with van der Waals surface area (Å²) in [5, 5.41) is 205. The zero-order chi connectivity index (χ0) is 66.6.